The highest BCUT2D eigenvalue weighted by atomic mass is 31.1. The molecule has 3 rings (SSSR count). The molecule has 0 aliphatic heterocycles. The van der Waals surface area contributed by atoms with Crippen molar-refractivity contribution in [3.8, 4) is 17.2 Å². The van der Waals surface area contributed by atoms with Gasteiger partial charge in [-0.05, 0) is 105 Å². The van der Waals surface area contributed by atoms with Gasteiger partial charge >= 0.3 is 8.03 Å². The van der Waals surface area contributed by atoms with Crippen molar-refractivity contribution in [3.63, 3.8) is 0 Å². The number of ether oxygens (including phenoxy) is 2. The van der Waals surface area contributed by atoms with Gasteiger partial charge in [-0.25, -0.2) is 0 Å². The van der Waals surface area contributed by atoms with Crippen LogP contribution in [0.15, 0.2) is 36.4 Å². The maximum absolute atomic E-state index is 12.4. The Hall–Kier alpha value is -2.18. The van der Waals surface area contributed by atoms with Crippen molar-refractivity contribution in [1.29, 1.82) is 0 Å². The lowest BCUT2D eigenvalue weighted by Crippen LogP contribution is -2.46. The normalized spacial score (nSPS) is 16.0. The maximum atomic E-state index is 12.4. The van der Waals surface area contributed by atoms with Crippen LogP contribution in [0, 0.1) is 13.8 Å². The molecule has 7 nitrogen and oxygen atoms in total. The van der Waals surface area contributed by atoms with Gasteiger partial charge in [-0.1, -0.05) is 18.6 Å². The van der Waals surface area contributed by atoms with Crippen molar-refractivity contribution in [1.82, 2.24) is 5.32 Å². The molecular weight excluding hydrogens is 477 g/mol. The molecule has 0 spiro atoms. The Kier molecular flexibility index (Phi) is 10.6. The minimum Gasteiger partial charge on any atom is -0.508 e. The number of aromatic hydroxyl groups is 1. The highest BCUT2D eigenvalue weighted by molar-refractivity contribution is 7.40. The van der Waals surface area contributed by atoms with E-state index >= 15 is 0 Å². The molecule has 198 valence electrons. The average molecular weight is 519 g/mol. The number of aliphatic hydroxyl groups excluding tert-OH is 1. The number of phenols is 1. The van der Waals surface area contributed by atoms with Gasteiger partial charge in [0, 0.05) is 12.1 Å². The minimum atomic E-state index is -1.69. The zero-order chi connectivity index (χ0) is 26.1. The van der Waals surface area contributed by atoms with Gasteiger partial charge in [0.05, 0.1) is 0 Å². The first-order chi connectivity index (χ1) is 17.1. The Bertz CT molecular complexity index is 965. The van der Waals surface area contributed by atoms with Crippen LogP contribution in [0.3, 0.4) is 0 Å². The van der Waals surface area contributed by atoms with Crippen LogP contribution in [0.5, 0.6) is 17.2 Å². The lowest BCUT2D eigenvalue weighted by Gasteiger charge is -2.28. The lowest BCUT2D eigenvalue weighted by atomic mass is 9.92. The van der Waals surface area contributed by atoms with Crippen LogP contribution < -0.4 is 14.8 Å². The van der Waals surface area contributed by atoms with Gasteiger partial charge in [0.15, 0.2) is 5.66 Å². The van der Waals surface area contributed by atoms with Crippen molar-refractivity contribution >= 4 is 8.03 Å². The molecule has 0 radical (unpaired) electrons. The first-order valence-electron chi connectivity index (χ1n) is 12.8. The largest absolute Gasteiger partial charge is 0.514 e. The van der Waals surface area contributed by atoms with E-state index in [1.165, 1.54) is 12.0 Å². The Balaban J connectivity index is 1.45. The predicted octanol–water partition coefficient (Wildman–Crippen LogP) is 5.79. The molecule has 2 aromatic carbocycles. The third-order valence-corrected chi connectivity index (χ3v) is 7.99. The van der Waals surface area contributed by atoms with Crippen molar-refractivity contribution in [3.05, 3.63) is 53.1 Å². The SMILES string of the molecule is Cc1cc(CC(C)(C)NCC(O)COc2ccc(O)cc2)cc(C)c1OCO[P+](=O)C1CCCCC1. The van der Waals surface area contributed by atoms with Crippen LogP contribution in [0.25, 0.3) is 0 Å². The second-order valence-electron chi connectivity index (χ2n) is 10.4. The molecule has 2 atom stereocenters. The number of aliphatic hydroxyl groups is 1. The van der Waals surface area contributed by atoms with Crippen LogP contribution in [0.2, 0.25) is 0 Å². The van der Waals surface area contributed by atoms with Gasteiger partial charge in [0.2, 0.25) is 6.79 Å². The third kappa shape index (κ3) is 9.04. The summed E-state index contributed by atoms with van der Waals surface area (Å²) in [6.07, 6.45) is 5.55. The summed E-state index contributed by atoms with van der Waals surface area (Å²) in [6, 6.07) is 10.7. The number of β-amino-alcohol motifs (C(OH)–C–C–N with tert-alkyl or cyclic N) is 1. The number of phenolic OH excluding ortho intramolecular Hbond substituents is 1. The van der Waals surface area contributed by atoms with E-state index in [4.69, 9.17) is 14.0 Å². The molecule has 3 N–H and O–H groups in total. The van der Waals surface area contributed by atoms with Crippen molar-refractivity contribution in [2.75, 3.05) is 19.9 Å². The van der Waals surface area contributed by atoms with Gasteiger partial charge in [-0.3, -0.25) is 0 Å². The Labute approximate surface area is 216 Å². The molecule has 0 saturated heterocycles. The highest BCUT2D eigenvalue weighted by Gasteiger charge is 2.34. The third-order valence-electron chi connectivity index (χ3n) is 6.52. The Morgan fingerprint density at radius 1 is 1.06 bits per heavy atom. The molecule has 2 unspecified atom stereocenters. The molecule has 0 bridgehead atoms. The molecule has 0 heterocycles. The molecule has 1 fully saturated rings. The number of hydrogen-bond acceptors (Lipinski definition) is 7. The highest BCUT2D eigenvalue weighted by Crippen LogP contribution is 2.39. The van der Waals surface area contributed by atoms with Gasteiger partial charge in [0.25, 0.3) is 0 Å². The molecule has 1 aliphatic carbocycles. The summed E-state index contributed by atoms with van der Waals surface area (Å²) in [5.41, 5.74) is 3.11. The first-order valence-corrected chi connectivity index (χ1v) is 14.0. The maximum Gasteiger partial charge on any atom is 0.514 e. The number of benzene rings is 2. The van der Waals surface area contributed by atoms with E-state index in [1.807, 2.05) is 13.8 Å². The van der Waals surface area contributed by atoms with E-state index in [9.17, 15) is 14.8 Å². The molecule has 2 aromatic rings. The molecular formula is C28H41NO6P+. The summed E-state index contributed by atoms with van der Waals surface area (Å²) in [5, 5.41) is 23.1. The molecule has 0 amide bonds. The lowest BCUT2D eigenvalue weighted by molar-refractivity contribution is 0.0988. The van der Waals surface area contributed by atoms with Gasteiger partial charge in [0.1, 0.15) is 30.0 Å². The zero-order valence-corrected chi connectivity index (χ0v) is 22.9. The molecule has 1 saturated carbocycles. The van der Waals surface area contributed by atoms with Crippen molar-refractivity contribution in [2.45, 2.75) is 83.5 Å². The number of hydrogen-bond donors (Lipinski definition) is 3. The monoisotopic (exact) mass is 518 g/mol. The fourth-order valence-corrected chi connectivity index (χ4v) is 5.82. The van der Waals surface area contributed by atoms with Crippen molar-refractivity contribution in [2.24, 2.45) is 0 Å². The molecule has 0 aromatic heterocycles. The average Bonchev–Trinajstić information content (AvgIpc) is 2.84. The summed E-state index contributed by atoms with van der Waals surface area (Å²) in [7, 11) is -1.69. The second-order valence-corrected chi connectivity index (χ2v) is 12.0. The standard InChI is InChI=1S/C28H40NO6P/c1-20-14-22(15-21(2)27(20)34-19-35-36(32)26-8-6-5-7-9-26)16-28(3,4)29-17-24(31)18-33-25-12-10-23(30)11-13-25/h10-15,24,26,29,31H,5-9,16-19H2,1-4H3/p+1. The summed E-state index contributed by atoms with van der Waals surface area (Å²) < 4.78 is 29.4. The fraction of sp³-hybridized carbons (Fsp3) is 0.571. The smallest absolute Gasteiger partial charge is 0.508 e. The Morgan fingerprint density at radius 3 is 2.33 bits per heavy atom. The van der Waals surface area contributed by atoms with Crippen LogP contribution in [-0.2, 0) is 15.5 Å². The fourth-order valence-electron chi connectivity index (χ4n) is 4.66. The number of nitrogens with one attached hydrogen (secondary N) is 1. The molecule has 8 heteroatoms. The topological polar surface area (TPSA) is 97.2 Å². The minimum absolute atomic E-state index is 0.00385. The summed E-state index contributed by atoms with van der Waals surface area (Å²) in [6.45, 7) is 8.78. The van der Waals surface area contributed by atoms with E-state index in [-0.39, 0.29) is 30.3 Å². The number of aryl methyl sites for hydroxylation is 2. The van der Waals surface area contributed by atoms with Gasteiger partial charge < -0.3 is 25.0 Å². The Morgan fingerprint density at radius 2 is 1.69 bits per heavy atom. The van der Waals surface area contributed by atoms with E-state index in [2.05, 4.69) is 31.3 Å². The van der Waals surface area contributed by atoms with Crippen LogP contribution >= 0.6 is 8.03 Å². The van der Waals surface area contributed by atoms with E-state index < -0.39 is 14.1 Å². The zero-order valence-electron chi connectivity index (χ0n) is 22.0. The van der Waals surface area contributed by atoms with E-state index in [1.54, 1.807) is 24.3 Å². The molecule has 1 aliphatic rings. The summed E-state index contributed by atoms with van der Waals surface area (Å²) in [5.74, 6) is 1.56. The van der Waals surface area contributed by atoms with Crippen LogP contribution in [0.1, 0.15) is 62.6 Å². The summed E-state index contributed by atoms with van der Waals surface area (Å²) >= 11 is 0. The quantitative estimate of drug-likeness (QED) is 0.228. The molecule has 36 heavy (non-hydrogen) atoms. The second kappa shape index (κ2) is 13.4. The number of rotatable bonds is 13. The van der Waals surface area contributed by atoms with Crippen LogP contribution in [-0.4, -0.2) is 47.5 Å². The first kappa shape index (κ1) is 28.4. The van der Waals surface area contributed by atoms with Gasteiger partial charge in [-0.2, -0.15) is 0 Å². The predicted molar refractivity (Wildman–Crippen MR) is 142 cm³/mol. The summed E-state index contributed by atoms with van der Waals surface area (Å²) in [4.78, 5) is 0. The van der Waals surface area contributed by atoms with E-state index in [0.717, 1.165) is 49.0 Å². The van der Waals surface area contributed by atoms with E-state index in [0.29, 0.717) is 12.3 Å². The van der Waals surface area contributed by atoms with Crippen molar-refractivity contribution < 1.29 is 28.8 Å². The van der Waals surface area contributed by atoms with Gasteiger partial charge in [-0.15, -0.1) is 4.52 Å². The van der Waals surface area contributed by atoms with Crippen LogP contribution in [0.4, 0.5) is 0 Å².